The maximum atomic E-state index is 13.2. The molecule has 0 aliphatic carbocycles. The molecule has 0 spiro atoms. The first kappa shape index (κ1) is 19.9. The van der Waals surface area contributed by atoms with Crippen LogP contribution in [0, 0.1) is 0 Å². The minimum absolute atomic E-state index is 0.244. The SMILES string of the molecule is CC(C)c1ccc(NS(=O)(=O)c2ccc(N3C=CC=NC=C3)c3ccccc23)cc1. The van der Waals surface area contributed by atoms with E-state index >= 15 is 0 Å². The number of nitrogens with zero attached hydrogens (tertiary/aromatic N) is 2. The number of fused-ring (bicyclic) bond motifs is 1. The molecule has 0 saturated heterocycles. The second-order valence-corrected chi connectivity index (χ2v) is 9.01. The summed E-state index contributed by atoms with van der Waals surface area (Å²) in [5.41, 5.74) is 2.59. The monoisotopic (exact) mass is 417 g/mol. The van der Waals surface area contributed by atoms with Crippen molar-refractivity contribution in [3.8, 4) is 0 Å². The minimum Gasteiger partial charge on any atom is -0.322 e. The fourth-order valence-electron chi connectivity index (χ4n) is 3.41. The zero-order valence-corrected chi connectivity index (χ0v) is 17.7. The molecule has 0 radical (unpaired) electrons. The fourth-order valence-corrected chi connectivity index (χ4v) is 4.68. The standard InChI is InChI=1S/C24H23N3O2S/c1-18(2)19-8-10-20(11-9-19)26-30(28,29)24-13-12-23(21-6-3-4-7-22(21)24)27-16-5-14-25-15-17-27/h3-18,26H,1-2H3. The van der Waals surface area contributed by atoms with Crippen LogP contribution < -0.4 is 9.62 Å². The Balaban J connectivity index is 1.74. The van der Waals surface area contributed by atoms with Gasteiger partial charge in [-0.2, -0.15) is 0 Å². The molecule has 3 aromatic rings. The van der Waals surface area contributed by atoms with Crippen molar-refractivity contribution in [1.82, 2.24) is 0 Å². The van der Waals surface area contributed by atoms with Gasteiger partial charge < -0.3 is 4.90 Å². The number of sulfonamides is 1. The van der Waals surface area contributed by atoms with Crippen molar-refractivity contribution < 1.29 is 8.42 Å². The highest BCUT2D eigenvalue weighted by molar-refractivity contribution is 7.93. The summed E-state index contributed by atoms with van der Waals surface area (Å²) in [4.78, 5) is 6.27. The van der Waals surface area contributed by atoms with Gasteiger partial charge in [0.25, 0.3) is 10.0 Å². The molecule has 5 nitrogen and oxygen atoms in total. The van der Waals surface area contributed by atoms with E-state index < -0.39 is 10.0 Å². The lowest BCUT2D eigenvalue weighted by Gasteiger charge is -2.19. The quantitative estimate of drug-likeness (QED) is 0.584. The van der Waals surface area contributed by atoms with Crippen LogP contribution in [0.4, 0.5) is 11.4 Å². The van der Waals surface area contributed by atoms with Crippen LogP contribution >= 0.6 is 0 Å². The van der Waals surface area contributed by atoms with E-state index in [1.807, 2.05) is 65.8 Å². The molecule has 0 saturated carbocycles. The maximum Gasteiger partial charge on any atom is 0.262 e. The van der Waals surface area contributed by atoms with Gasteiger partial charge in [-0.25, -0.2) is 8.42 Å². The Morgan fingerprint density at radius 2 is 1.63 bits per heavy atom. The number of nitrogens with one attached hydrogen (secondary N) is 1. The number of allylic oxidation sites excluding steroid dienone is 1. The molecule has 152 valence electrons. The summed E-state index contributed by atoms with van der Waals surface area (Å²) in [7, 11) is -3.76. The van der Waals surface area contributed by atoms with Crippen molar-refractivity contribution in [2.24, 2.45) is 4.99 Å². The van der Waals surface area contributed by atoms with Gasteiger partial charge in [-0.15, -0.1) is 0 Å². The Bertz CT molecular complexity index is 1240. The summed E-state index contributed by atoms with van der Waals surface area (Å²) in [6.45, 7) is 4.21. The Morgan fingerprint density at radius 1 is 0.900 bits per heavy atom. The highest BCUT2D eigenvalue weighted by Gasteiger charge is 2.20. The molecule has 30 heavy (non-hydrogen) atoms. The molecule has 0 amide bonds. The van der Waals surface area contributed by atoms with Gasteiger partial charge in [0, 0.05) is 41.3 Å². The molecule has 3 aromatic carbocycles. The van der Waals surface area contributed by atoms with Gasteiger partial charge in [0.05, 0.1) is 10.6 Å². The number of rotatable bonds is 5. The van der Waals surface area contributed by atoms with E-state index in [4.69, 9.17) is 0 Å². The van der Waals surface area contributed by atoms with Gasteiger partial charge in [0.1, 0.15) is 0 Å². The van der Waals surface area contributed by atoms with Crippen molar-refractivity contribution >= 4 is 38.4 Å². The number of hydrogen-bond donors (Lipinski definition) is 1. The lowest BCUT2D eigenvalue weighted by Crippen LogP contribution is -2.14. The second-order valence-electron chi connectivity index (χ2n) is 7.36. The third-order valence-electron chi connectivity index (χ3n) is 4.99. The molecule has 1 heterocycles. The largest absolute Gasteiger partial charge is 0.322 e. The first-order chi connectivity index (χ1) is 14.5. The molecule has 1 N–H and O–H groups in total. The predicted molar refractivity (Wildman–Crippen MR) is 125 cm³/mol. The molecule has 0 bridgehead atoms. The van der Waals surface area contributed by atoms with Crippen LogP contribution in [-0.4, -0.2) is 14.6 Å². The Morgan fingerprint density at radius 3 is 2.37 bits per heavy atom. The van der Waals surface area contributed by atoms with Crippen LogP contribution in [0.3, 0.4) is 0 Å². The fraction of sp³-hybridized carbons (Fsp3) is 0.125. The van der Waals surface area contributed by atoms with Crippen molar-refractivity contribution in [1.29, 1.82) is 0 Å². The smallest absolute Gasteiger partial charge is 0.262 e. The summed E-state index contributed by atoms with van der Waals surface area (Å²) in [5, 5.41) is 1.50. The molecule has 4 rings (SSSR count). The van der Waals surface area contributed by atoms with E-state index in [9.17, 15) is 8.42 Å². The van der Waals surface area contributed by atoms with E-state index in [2.05, 4.69) is 23.6 Å². The van der Waals surface area contributed by atoms with Crippen molar-refractivity contribution in [2.45, 2.75) is 24.7 Å². The van der Waals surface area contributed by atoms with E-state index in [0.29, 0.717) is 17.0 Å². The zero-order valence-electron chi connectivity index (χ0n) is 16.9. The van der Waals surface area contributed by atoms with Crippen LogP contribution in [0.2, 0.25) is 0 Å². The van der Waals surface area contributed by atoms with Gasteiger partial charge in [0.2, 0.25) is 0 Å². The van der Waals surface area contributed by atoms with Gasteiger partial charge in [0.15, 0.2) is 0 Å². The molecule has 1 aliphatic heterocycles. The second kappa shape index (κ2) is 8.16. The van der Waals surface area contributed by atoms with Crippen molar-refractivity contribution in [2.75, 3.05) is 9.62 Å². The molecule has 6 heteroatoms. The van der Waals surface area contributed by atoms with E-state index in [1.165, 1.54) is 0 Å². The summed E-state index contributed by atoms with van der Waals surface area (Å²) < 4.78 is 29.1. The molecule has 1 aliphatic rings. The van der Waals surface area contributed by atoms with Gasteiger partial charge in [-0.05, 0) is 41.8 Å². The number of benzene rings is 3. The van der Waals surface area contributed by atoms with Crippen LogP contribution in [-0.2, 0) is 10.0 Å². The first-order valence-electron chi connectivity index (χ1n) is 9.75. The van der Waals surface area contributed by atoms with Crippen LogP contribution in [0.1, 0.15) is 25.3 Å². The summed E-state index contributed by atoms with van der Waals surface area (Å²) in [5.74, 6) is 0.389. The van der Waals surface area contributed by atoms with Gasteiger partial charge in [-0.1, -0.05) is 50.2 Å². The van der Waals surface area contributed by atoms with Crippen molar-refractivity contribution in [3.05, 3.63) is 90.9 Å². The molecule has 0 atom stereocenters. The topological polar surface area (TPSA) is 61.8 Å². The number of aliphatic imine (C=N–C) groups is 1. The Labute approximate surface area is 177 Å². The summed E-state index contributed by atoms with van der Waals surface area (Å²) in [6.07, 6.45) is 8.96. The predicted octanol–water partition coefficient (Wildman–Crippen LogP) is 5.64. The van der Waals surface area contributed by atoms with Crippen LogP contribution in [0.5, 0.6) is 0 Å². The normalized spacial score (nSPS) is 13.8. The lowest BCUT2D eigenvalue weighted by molar-refractivity contribution is 0.602. The summed E-state index contributed by atoms with van der Waals surface area (Å²) >= 11 is 0. The molecule has 0 fully saturated rings. The van der Waals surface area contributed by atoms with Gasteiger partial charge in [-0.3, -0.25) is 9.71 Å². The zero-order chi connectivity index (χ0) is 21.1. The Hall–Kier alpha value is -3.38. The molecular formula is C24H23N3O2S. The molecule has 0 aromatic heterocycles. The number of anilines is 2. The van der Waals surface area contributed by atoms with E-state index in [1.54, 1.807) is 30.6 Å². The van der Waals surface area contributed by atoms with Gasteiger partial charge >= 0.3 is 0 Å². The van der Waals surface area contributed by atoms with E-state index in [-0.39, 0.29) is 4.90 Å². The summed E-state index contributed by atoms with van der Waals surface area (Å²) in [6, 6.07) is 18.5. The minimum atomic E-state index is -3.76. The third kappa shape index (κ3) is 4.00. The molecular weight excluding hydrogens is 394 g/mol. The first-order valence-corrected chi connectivity index (χ1v) is 11.2. The number of hydrogen-bond acceptors (Lipinski definition) is 4. The van der Waals surface area contributed by atoms with Crippen LogP contribution in [0.25, 0.3) is 10.8 Å². The van der Waals surface area contributed by atoms with Crippen molar-refractivity contribution in [3.63, 3.8) is 0 Å². The van der Waals surface area contributed by atoms with Crippen LogP contribution in [0.15, 0.2) is 95.2 Å². The third-order valence-corrected chi connectivity index (χ3v) is 6.43. The highest BCUT2D eigenvalue weighted by Crippen LogP contribution is 2.33. The average molecular weight is 418 g/mol. The highest BCUT2D eigenvalue weighted by atomic mass is 32.2. The lowest BCUT2D eigenvalue weighted by atomic mass is 10.0. The average Bonchev–Trinajstić information content (AvgIpc) is 3.02. The van der Waals surface area contributed by atoms with E-state index in [0.717, 1.165) is 16.6 Å². The maximum absolute atomic E-state index is 13.2. The Kier molecular flexibility index (Phi) is 5.42. The molecule has 0 unspecified atom stereocenters.